The maximum absolute atomic E-state index is 15.2. The van der Waals surface area contributed by atoms with Crippen molar-refractivity contribution in [1.82, 2.24) is 10.2 Å². The highest BCUT2D eigenvalue weighted by atomic mass is 33.1. The molecule has 6 aliphatic carbocycles. The monoisotopic (exact) mass is 1030 g/mol. The van der Waals surface area contributed by atoms with Crippen molar-refractivity contribution in [1.29, 1.82) is 0 Å². The minimum atomic E-state index is -0.606. The van der Waals surface area contributed by atoms with E-state index in [1.807, 2.05) is 4.90 Å². The number of phenolic OH excluding ortho intramolecular Hbond substituents is 1. The molecule has 5 heterocycles. The molecule has 392 valence electrons. The fraction of sp³-hybridized carbons (Fsp3) is 0.689. The van der Waals surface area contributed by atoms with Crippen molar-refractivity contribution < 1.29 is 29.3 Å². The number of phenols is 1. The molecule has 10 bridgehead atoms. The number of nitrogens with one attached hydrogen (secondary N) is 1. The summed E-state index contributed by atoms with van der Waals surface area (Å²) < 4.78 is 13.2. The lowest BCUT2D eigenvalue weighted by atomic mass is 9.60. The predicted molar refractivity (Wildman–Crippen MR) is 291 cm³/mol. The van der Waals surface area contributed by atoms with E-state index in [4.69, 9.17) is 20.2 Å². The maximum atomic E-state index is 15.2. The molecule has 0 aromatic heterocycles. The van der Waals surface area contributed by atoms with Crippen LogP contribution in [0.1, 0.15) is 195 Å². The molecule has 2 aromatic carbocycles. The van der Waals surface area contributed by atoms with Crippen LogP contribution in [0.3, 0.4) is 0 Å². The molecule has 6 fully saturated rings. The van der Waals surface area contributed by atoms with Gasteiger partial charge in [-0.1, -0.05) is 89.6 Å². The number of ether oxygens (including phenoxy) is 2. The average molecular weight is 1030 g/mol. The smallest absolute Gasteiger partial charge is 0.302 e. The lowest BCUT2D eigenvalue weighted by Crippen LogP contribution is -2.56. The molecule has 1 saturated heterocycles. The number of fused-ring (bicyclic) bond motifs is 6. The summed E-state index contributed by atoms with van der Waals surface area (Å²) in [7, 11) is 4.15. The van der Waals surface area contributed by atoms with Gasteiger partial charge in [-0.25, -0.2) is 0 Å². The molecular weight excluding hydrogens is 949 g/mol. The first-order chi connectivity index (χ1) is 35.4. The van der Waals surface area contributed by atoms with Gasteiger partial charge in [0.25, 0.3) is 0 Å². The molecule has 11 aliphatic rings. The summed E-state index contributed by atoms with van der Waals surface area (Å²) in [4.78, 5) is 35.1. The molecule has 73 heavy (non-hydrogen) atoms. The molecule has 5 N–H and O–H groups in total. The second kappa shape index (κ2) is 19.7. The maximum Gasteiger partial charge on any atom is 0.302 e. The second-order valence-corrected chi connectivity index (χ2v) is 27.8. The Balaban J connectivity index is 0.955. The van der Waals surface area contributed by atoms with Gasteiger partial charge < -0.3 is 35.6 Å². The number of carbonyl (C=O) groups is 2. The van der Waals surface area contributed by atoms with Crippen molar-refractivity contribution in [2.45, 2.75) is 209 Å². The van der Waals surface area contributed by atoms with Crippen LogP contribution >= 0.6 is 21.6 Å². The van der Waals surface area contributed by atoms with Gasteiger partial charge in [-0.15, -0.1) is 5.92 Å². The Kier molecular flexibility index (Phi) is 13.5. The fourth-order valence-electron chi connectivity index (χ4n) is 17.4. The molecule has 6 spiro atoms. The summed E-state index contributed by atoms with van der Waals surface area (Å²) in [6, 6.07) is 12.9. The van der Waals surface area contributed by atoms with Crippen LogP contribution < -0.4 is 15.8 Å². The van der Waals surface area contributed by atoms with E-state index >= 15 is 4.79 Å². The number of allylic oxidation sites excluding steroid dienone is 1. The summed E-state index contributed by atoms with van der Waals surface area (Å²) in [5, 5.41) is 28.3. The third kappa shape index (κ3) is 8.91. The third-order valence-corrected chi connectivity index (χ3v) is 24.5. The number of aliphatic hydroxyl groups excluding tert-OH is 1. The van der Waals surface area contributed by atoms with E-state index in [2.05, 4.69) is 87.3 Å². The van der Waals surface area contributed by atoms with Gasteiger partial charge in [0.1, 0.15) is 16.6 Å². The quantitative estimate of drug-likeness (QED) is 0.0992. The van der Waals surface area contributed by atoms with E-state index in [1.54, 1.807) is 0 Å². The Morgan fingerprint density at radius 2 is 1.78 bits per heavy atom. The van der Waals surface area contributed by atoms with E-state index in [0.29, 0.717) is 74.3 Å². The minimum absolute atomic E-state index is 0.0680. The number of aliphatic imine (C=N–C) groups is 1. The average Bonchev–Trinajstić information content (AvgIpc) is 4.23. The zero-order valence-corrected chi connectivity index (χ0v) is 45.0. The second-order valence-electron chi connectivity index (χ2n) is 25.2. The zero-order chi connectivity index (χ0) is 50.1. The van der Waals surface area contributed by atoms with E-state index in [9.17, 15) is 15.0 Å². The number of amides is 1. The first kappa shape index (κ1) is 50.1. The van der Waals surface area contributed by atoms with Gasteiger partial charge in [0.05, 0.1) is 18.1 Å². The van der Waals surface area contributed by atoms with Crippen molar-refractivity contribution in [2.24, 2.45) is 44.2 Å². The van der Waals surface area contributed by atoms with Crippen LogP contribution in [-0.2, 0) is 27.3 Å². The number of nitrogens with zero attached hydrogens (tertiary/aromatic N) is 2. The first-order valence-electron chi connectivity index (χ1n) is 28.7. The van der Waals surface area contributed by atoms with Crippen LogP contribution in [0.25, 0.3) is 0 Å². The molecule has 1 amide bonds. The Labute approximate surface area is 442 Å². The van der Waals surface area contributed by atoms with Crippen molar-refractivity contribution in [2.75, 3.05) is 18.8 Å². The van der Waals surface area contributed by atoms with Crippen LogP contribution in [0, 0.1) is 45.3 Å². The highest BCUT2D eigenvalue weighted by molar-refractivity contribution is 8.77. The number of nitrogens with two attached hydrogens (primary N) is 1. The Hall–Kier alpha value is -3.79. The van der Waals surface area contributed by atoms with Gasteiger partial charge in [-0.3, -0.25) is 14.6 Å². The topological polar surface area (TPSA) is 147 Å². The van der Waals surface area contributed by atoms with Gasteiger partial charge >= 0.3 is 5.97 Å². The lowest BCUT2D eigenvalue weighted by molar-refractivity contribution is -0.148. The van der Waals surface area contributed by atoms with Gasteiger partial charge in [-0.05, 0) is 156 Å². The molecule has 5 saturated carbocycles. The van der Waals surface area contributed by atoms with E-state index in [1.165, 1.54) is 70.3 Å². The summed E-state index contributed by atoms with van der Waals surface area (Å²) in [6.45, 7) is 2.62. The highest BCUT2D eigenvalue weighted by Gasteiger charge is 2.65. The summed E-state index contributed by atoms with van der Waals surface area (Å²) >= 11 is 0. The van der Waals surface area contributed by atoms with Gasteiger partial charge in [0.2, 0.25) is 5.91 Å². The van der Waals surface area contributed by atoms with Crippen LogP contribution in [-0.4, -0.2) is 74.5 Å². The number of benzene rings is 2. The van der Waals surface area contributed by atoms with E-state index in [-0.39, 0.29) is 51.7 Å². The number of rotatable bonds is 2. The number of hydrogen-bond acceptors (Lipinski definition) is 11. The number of aryl methyl sites for hydroxylation is 1. The normalized spacial score (nSPS) is 39.0. The standard InChI is InChI=1S/C61H80N4O6S2/c1-41(66)70-49-18-17-44-32-46(53(69)54-52(44)45-20-31-60(71-54)27-10-15-47(60)33-45)37-65-39-59(36-51(65)68)50(43-13-3-2-4-14-43)21-30-58(59)25-9-12-42-19-29-57(35-42)26-11-28-61(57,64-55(62)63-38-58)73-72-40-56(23-7-8-24-56)22-6-5-16-48(67)34-49/h2-4,13-14,20,31-32,42,45,47-50,67,69H,5-8,10-12,15-19,21-24,26-30,33-40H2,1H3,(H3,62,63,64)/t42-,45-,47-,48-,49+,50-,57+,58+,59+,60+,61+/m0/s1. The fourth-order valence-corrected chi connectivity index (χ4v) is 21.6. The number of carbonyl (C=O) groups excluding carboxylic acids is 2. The number of aromatic hydroxyl groups is 1. The number of esters is 1. The lowest BCUT2D eigenvalue weighted by Gasteiger charge is -2.45. The molecule has 10 nitrogen and oxygen atoms in total. The van der Waals surface area contributed by atoms with Gasteiger partial charge in [-0.2, -0.15) is 0 Å². The van der Waals surface area contributed by atoms with Gasteiger partial charge in [0, 0.05) is 78.8 Å². The van der Waals surface area contributed by atoms with Crippen LogP contribution in [0.5, 0.6) is 11.5 Å². The predicted octanol–water partition coefficient (Wildman–Crippen LogP) is 11.8. The Morgan fingerprint density at radius 3 is 2.62 bits per heavy atom. The van der Waals surface area contributed by atoms with Gasteiger partial charge in [0.15, 0.2) is 17.5 Å². The Morgan fingerprint density at radius 1 is 0.945 bits per heavy atom. The Bertz CT molecular complexity index is 2570. The largest absolute Gasteiger partial charge is 0.504 e. The molecular formula is C61H80N4O6S2. The van der Waals surface area contributed by atoms with Crippen molar-refractivity contribution in [3.8, 4) is 23.3 Å². The molecule has 0 radical (unpaired) electrons. The summed E-state index contributed by atoms with van der Waals surface area (Å²) in [5.74, 6) is 11.0. The summed E-state index contributed by atoms with van der Waals surface area (Å²) in [5.41, 5.74) is 10.1. The molecule has 5 aliphatic heterocycles. The molecule has 2 aromatic rings. The van der Waals surface area contributed by atoms with Crippen LogP contribution in [0.2, 0.25) is 0 Å². The first-order valence-corrected chi connectivity index (χ1v) is 31.0. The van der Waals surface area contributed by atoms with E-state index in [0.717, 1.165) is 87.5 Å². The molecule has 0 unspecified atom stereocenters. The van der Waals surface area contributed by atoms with Crippen LogP contribution in [0.15, 0.2) is 53.5 Å². The number of aliphatic hydroxyl groups is 1. The number of guanidine groups is 1. The SMILES string of the molecule is CC(=O)O[C@@H]1CCc2cc(c(O)c3c2[C@H]2C=C[C@@]4(CCC[C@H]4C2)O3)CN2C[C@]3(CC2=O)[C@H](c2ccccc2)CC[C@@]32C#CC[C@H]3CC[C@]4(CCC[C@@]4(NC(N)=NC2)SSCC2(CCCC[C@H](O)C1)CCCC2)C3. The van der Waals surface area contributed by atoms with Crippen molar-refractivity contribution in [3.05, 3.63) is 70.8 Å². The third-order valence-electron chi connectivity index (χ3n) is 21.1. The molecule has 11 atom stereocenters. The molecule has 13 rings (SSSR count). The highest BCUT2D eigenvalue weighted by Crippen LogP contribution is 2.67. The molecule has 12 heteroatoms. The van der Waals surface area contributed by atoms with Crippen molar-refractivity contribution >= 4 is 39.4 Å². The minimum Gasteiger partial charge on any atom is -0.504 e. The van der Waals surface area contributed by atoms with Crippen molar-refractivity contribution in [3.63, 3.8) is 0 Å². The number of hydrogen-bond donors (Lipinski definition) is 4. The summed E-state index contributed by atoms with van der Waals surface area (Å²) in [6.07, 6.45) is 27.9. The van der Waals surface area contributed by atoms with Crippen LogP contribution in [0.4, 0.5) is 0 Å². The van der Waals surface area contributed by atoms with E-state index < -0.39 is 28.6 Å². The zero-order valence-electron chi connectivity index (χ0n) is 43.4.